The predicted molar refractivity (Wildman–Crippen MR) is 61.0 cm³/mol. The van der Waals surface area contributed by atoms with E-state index in [-0.39, 0.29) is 12.6 Å². The maximum atomic E-state index is 11.4. The van der Waals surface area contributed by atoms with Gasteiger partial charge in [-0.25, -0.2) is 4.79 Å². The largest absolute Gasteiger partial charge is 0.480 e. The molecule has 18 heavy (non-hydrogen) atoms. The van der Waals surface area contributed by atoms with E-state index < -0.39 is 24.5 Å². The van der Waals surface area contributed by atoms with E-state index in [1.807, 2.05) is 0 Å². The van der Waals surface area contributed by atoms with Gasteiger partial charge in [-0.05, 0) is 12.8 Å². The van der Waals surface area contributed by atoms with Crippen LogP contribution in [0.2, 0.25) is 0 Å². The third-order valence-corrected chi connectivity index (χ3v) is 2.40. The van der Waals surface area contributed by atoms with E-state index in [0.717, 1.165) is 12.8 Å². The molecular formula is C10H17N3O5. The minimum absolute atomic E-state index is 0.0563. The van der Waals surface area contributed by atoms with Crippen LogP contribution in [0.1, 0.15) is 12.8 Å². The summed E-state index contributed by atoms with van der Waals surface area (Å²) in [6.45, 7) is 0.526. The van der Waals surface area contributed by atoms with Crippen molar-refractivity contribution >= 4 is 17.9 Å². The van der Waals surface area contributed by atoms with E-state index in [9.17, 15) is 14.4 Å². The second-order valence-corrected chi connectivity index (χ2v) is 3.88. The van der Waals surface area contributed by atoms with Crippen LogP contribution < -0.4 is 16.0 Å². The van der Waals surface area contributed by atoms with Crippen LogP contribution in [0.3, 0.4) is 0 Å². The molecule has 1 fully saturated rings. The number of amides is 3. The van der Waals surface area contributed by atoms with Crippen molar-refractivity contribution in [2.24, 2.45) is 0 Å². The molecule has 0 unspecified atom stereocenters. The average molecular weight is 259 g/mol. The van der Waals surface area contributed by atoms with Gasteiger partial charge in [-0.2, -0.15) is 0 Å². The van der Waals surface area contributed by atoms with Crippen molar-refractivity contribution in [2.75, 3.05) is 26.3 Å². The summed E-state index contributed by atoms with van der Waals surface area (Å²) in [5.41, 5.74) is 0. The molecule has 0 radical (unpaired) electrons. The van der Waals surface area contributed by atoms with Crippen LogP contribution >= 0.6 is 0 Å². The van der Waals surface area contributed by atoms with E-state index in [1.54, 1.807) is 0 Å². The Kier molecular flexibility index (Phi) is 5.92. The van der Waals surface area contributed by atoms with E-state index in [0.29, 0.717) is 13.2 Å². The number of rotatable bonds is 5. The molecule has 1 aliphatic heterocycles. The number of urea groups is 1. The van der Waals surface area contributed by atoms with Gasteiger partial charge in [0.2, 0.25) is 5.91 Å². The molecule has 1 aliphatic rings. The lowest BCUT2D eigenvalue weighted by Crippen LogP contribution is -2.47. The lowest BCUT2D eigenvalue weighted by Gasteiger charge is -2.23. The normalized spacial score (nSPS) is 15.8. The highest BCUT2D eigenvalue weighted by Crippen LogP contribution is 2.05. The van der Waals surface area contributed by atoms with Crippen molar-refractivity contribution in [1.82, 2.24) is 16.0 Å². The van der Waals surface area contributed by atoms with Crippen LogP contribution in [0.15, 0.2) is 0 Å². The SMILES string of the molecule is O=C(O)CNC(=O)CNC(=O)NC1CCOCC1. The Morgan fingerprint density at radius 1 is 1.11 bits per heavy atom. The van der Waals surface area contributed by atoms with Gasteiger partial charge < -0.3 is 25.8 Å². The van der Waals surface area contributed by atoms with Gasteiger partial charge in [-0.3, -0.25) is 9.59 Å². The summed E-state index contributed by atoms with van der Waals surface area (Å²) < 4.78 is 5.14. The molecule has 4 N–H and O–H groups in total. The summed E-state index contributed by atoms with van der Waals surface area (Å²) in [7, 11) is 0. The number of hydrogen-bond acceptors (Lipinski definition) is 4. The lowest BCUT2D eigenvalue weighted by molar-refractivity contribution is -0.137. The van der Waals surface area contributed by atoms with Crippen LogP contribution in [-0.4, -0.2) is 55.4 Å². The third-order valence-electron chi connectivity index (χ3n) is 2.40. The van der Waals surface area contributed by atoms with Crippen molar-refractivity contribution in [1.29, 1.82) is 0 Å². The fourth-order valence-corrected chi connectivity index (χ4v) is 1.48. The molecular weight excluding hydrogens is 242 g/mol. The number of hydrogen-bond donors (Lipinski definition) is 4. The lowest BCUT2D eigenvalue weighted by atomic mass is 10.1. The maximum Gasteiger partial charge on any atom is 0.322 e. The van der Waals surface area contributed by atoms with Crippen LogP contribution in [0.5, 0.6) is 0 Å². The Hall–Kier alpha value is -1.83. The second kappa shape index (κ2) is 7.49. The highest BCUT2D eigenvalue weighted by Gasteiger charge is 2.16. The van der Waals surface area contributed by atoms with Crippen LogP contribution in [0.4, 0.5) is 4.79 Å². The molecule has 3 amide bonds. The smallest absolute Gasteiger partial charge is 0.322 e. The highest BCUT2D eigenvalue weighted by atomic mass is 16.5. The predicted octanol–water partition coefficient (Wildman–Crippen LogP) is -1.33. The minimum Gasteiger partial charge on any atom is -0.480 e. The van der Waals surface area contributed by atoms with Crippen molar-refractivity contribution < 1.29 is 24.2 Å². The molecule has 8 nitrogen and oxygen atoms in total. The molecule has 1 saturated heterocycles. The van der Waals surface area contributed by atoms with E-state index >= 15 is 0 Å². The van der Waals surface area contributed by atoms with E-state index in [1.165, 1.54) is 0 Å². The van der Waals surface area contributed by atoms with Gasteiger partial charge in [0.1, 0.15) is 6.54 Å². The number of nitrogens with one attached hydrogen (secondary N) is 3. The number of ether oxygens (including phenoxy) is 1. The summed E-state index contributed by atoms with van der Waals surface area (Å²) in [6, 6.07) is -0.381. The highest BCUT2D eigenvalue weighted by molar-refractivity contribution is 5.86. The summed E-state index contributed by atoms with van der Waals surface area (Å²) >= 11 is 0. The van der Waals surface area contributed by atoms with Gasteiger partial charge >= 0.3 is 12.0 Å². The van der Waals surface area contributed by atoms with E-state index in [2.05, 4.69) is 16.0 Å². The second-order valence-electron chi connectivity index (χ2n) is 3.88. The topological polar surface area (TPSA) is 117 Å². The van der Waals surface area contributed by atoms with Gasteiger partial charge in [-0.1, -0.05) is 0 Å². The van der Waals surface area contributed by atoms with Crippen molar-refractivity contribution in [3.63, 3.8) is 0 Å². The minimum atomic E-state index is -1.13. The number of carbonyl (C=O) groups is 3. The van der Waals surface area contributed by atoms with Crippen molar-refractivity contribution in [3.8, 4) is 0 Å². The molecule has 0 bridgehead atoms. The molecule has 0 atom stereocenters. The standard InChI is InChI=1S/C10H17N3O5/c14-8(11-6-9(15)16)5-12-10(17)13-7-1-3-18-4-2-7/h7H,1-6H2,(H,11,14)(H,15,16)(H2,12,13,17). The fraction of sp³-hybridized carbons (Fsp3) is 0.700. The molecule has 0 aromatic rings. The van der Waals surface area contributed by atoms with Crippen molar-refractivity contribution in [3.05, 3.63) is 0 Å². The number of aliphatic carboxylic acids is 1. The molecule has 0 saturated carbocycles. The zero-order valence-electron chi connectivity index (χ0n) is 9.90. The van der Waals surface area contributed by atoms with Gasteiger partial charge in [-0.15, -0.1) is 0 Å². The van der Waals surface area contributed by atoms with E-state index in [4.69, 9.17) is 9.84 Å². The number of carboxylic acids is 1. The zero-order valence-corrected chi connectivity index (χ0v) is 9.90. The van der Waals surface area contributed by atoms with Crippen LogP contribution in [0.25, 0.3) is 0 Å². The van der Waals surface area contributed by atoms with Crippen molar-refractivity contribution in [2.45, 2.75) is 18.9 Å². The van der Waals surface area contributed by atoms with Gasteiger partial charge in [0.15, 0.2) is 0 Å². The first-order valence-corrected chi connectivity index (χ1v) is 5.68. The quantitative estimate of drug-likeness (QED) is 0.488. The molecule has 0 aliphatic carbocycles. The monoisotopic (exact) mass is 259 g/mol. The van der Waals surface area contributed by atoms with Gasteiger partial charge in [0.05, 0.1) is 6.54 Å². The molecule has 0 spiro atoms. The van der Waals surface area contributed by atoms with Gasteiger partial charge in [0.25, 0.3) is 0 Å². The third kappa shape index (κ3) is 6.04. The van der Waals surface area contributed by atoms with Gasteiger partial charge in [0, 0.05) is 19.3 Å². The maximum absolute atomic E-state index is 11.4. The summed E-state index contributed by atoms with van der Waals surface area (Å²) in [5, 5.41) is 15.5. The molecule has 1 heterocycles. The summed E-state index contributed by atoms with van der Waals surface area (Å²) in [6.07, 6.45) is 1.50. The molecule has 0 aromatic carbocycles. The van der Waals surface area contributed by atoms with Crippen LogP contribution in [0, 0.1) is 0 Å². The Balaban J connectivity index is 2.12. The Bertz CT molecular complexity index is 315. The average Bonchev–Trinajstić information content (AvgIpc) is 2.35. The Morgan fingerprint density at radius 2 is 1.78 bits per heavy atom. The molecule has 8 heteroatoms. The Morgan fingerprint density at radius 3 is 2.39 bits per heavy atom. The summed E-state index contributed by atoms with van der Waals surface area (Å²) in [5.74, 6) is -1.67. The first-order valence-electron chi connectivity index (χ1n) is 5.68. The summed E-state index contributed by atoms with van der Waals surface area (Å²) in [4.78, 5) is 32.7. The molecule has 0 aromatic heterocycles. The molecule has 102 valence electrons. The van der Waals surface area contributed by atoms with Crippen LogP contribution in [-0.2, 0) is 14.3 Å². The Labute approximate surface area is 104 Å². The first-order chi connectivity index (χ1) is 8.58. The fourth-order valence-electron chi connectivity index (χ4n) is 1.48. The number of carboxylic acid groups (broad SMARTS) is 1. The molecule has 1 rings (SSSR count). The number of carbonyl (C=O) groups excluding carboxylic acids is 2. The first kappa shape index (κ1) is 14.2. The zero-order chi connectivity index (χ0) is 13.4.